The van der Waals surface area contributed by atoms with Crippen LogP contribution in [0.15, 0.2) is 36.4 Å². The van der Waals surface area contributed by atoms with Gasteiger partial charge < -0.3 is 10.4 Å². The van der Waals surface area contributed by atoms with Gasteiger partial charge in [-0.2, -0.15) is 0 Å². The van der Waals surface area contributed by atoms with Crippen molar-refractivity contribution < 1.29 is 23.5 Å². The van der Waals surface area contributed by atoms with Crippen molar-refractivity contribution in [2.24, 2.45) is 0 Å². The van der Waals surface area contributed by atoms with Gasteiger partial charge in [-0.1, -0.05) is 0 Å². The second-order valence-electron chi connectivity index (χ2n) is 3.98. The quantitative estimate of drug-likeness (QED) is 0.848. The summed E-state index contributed by atoms with van der Waals surface area (Å²) in [6.07, 6.45) is 0.646. The molecule has 0 unspecified atom stereocenters. The molecule has 0 spiro atoms. The summed E-state index contributed by atoms with van der Waals surface area (Å²) >= 11 is 0. The topological polar surface area (TPSA) is 66.4 Å². The van der Waals surface area contributed by atoms with Crippen LogP contribution in [0.25, 0.3) is 0 Å². The van der Waals surface area contributed by atoms with Crippen molar-refractivity contribution in [2.45, 2.75) is 0 Å². The predicted molar refractivity (Wildman–Crippen MR) is 67.8 cm³/mol. The summed E-state index contributed by atoms with van der Waals surface area (Å²) in [7, 11) is 0. The molecule has 0 aliphatic heterocycles. The van der Waals surface area contributed by atoms with Crippen LogP contribution in [0.4, 0.5) is 14.5 Å². The Morgan fingerprint density at radius 1 is 1.10 bits per heavy atom. The van der Waals surface area contributed by atoms with Gasteiger partial charge in [-0.3, -0.25) is 9.59 Å². The number of hydrogen-bond donors (Lipinski definition) is 2. The minimum atomic E-state index is -1.24. The van der Waals surface area contributed by atoms with Crippen LogP contribution in [0, 0.1) is 11.6 Å². The maximum Gasteiger partial charge on any atom is 0.259 e. The van der Waals surface area contributed by atoms with Crippen molar-refractivity contribution >= 4 is 17.9 Å². The van der Waals surface area contributed by atoms with Gasteiger partial charge in [-0.05, 0) is 30.3 Å². The van der Waals surface area contributed by atoms with Crippen LogP contribution in [-0.4, -0.2) is 17.3 Å². The van der Waals surface area contributed by atoms with E-state index in [9.17, 15) is 23.5 Å². The molecular weight excluding hydrogens is 268 g/mol. The number of rotatable bonds is 3. The monoisotopic (exact) mass is 277 g/mol. The third-order valence-corrected chi connectivity index (χ3v) is 2.59. The second kappa shape index (κ2) is 5.48. The highest BCUT2D eigenvalue weighted by Crippen LogP contribution is 2.22. The molecule has 2 aromatic rings. The van der Waals surface area contributed by atoms with Gasteiger partial charge in [0.15, 0.2) is 11.6 Å². The largest absolute Gasteiger partial charge is 0.507 e. The number of phenols is 1. The zero-order chi connectivity index (χ0) is 14.7. The molecular formula is C14H9F2NO3. The molecule has 4 nitrogen and oxygen atoms in total. The Bertz CT molecular complexity index is 669. The first-order valence-electron chi connectivity index (χ1n) is 5.56. The number of amides is 1. The standard InChI is InChI=1S/C14H9F2NO3/c15-11-5-10(13(19)6-12(11)16)14(20)17-9-3-1-8(7-18)2-4-9/h1-7,19H,(H,17,20). The maximum absolute atomic E-state index is 13.1. The lowest BCUT2D eigenvalue weighted by molar-refractivity contribution is 0.102. The highest BCUT2D eigenvalue weighted by molar-refractivity contribution is 6.06. The Morgan fingerprint density at radius 2 is 1.70 bits per heavy atom. The van der Waals surface area contributed by atoms with Gasteiger partial charge in [-0.25, -0.2) is 8.78 Å². The minimum absolute atomic E-state index is 0.352. The van der Waals surface area contributed by atoms with Crippen molar-refractivity contribution in [1.82, 2.24) is 0 Å². The third kappa shape index (κ3) is 2.80. The fourth-order valence-corrected chi connectivity index (χ4v) is 1.56. The zero-order valence-corrected chi connectivity index (χ0v) is 10.1. The van der Waals surface area contributed by atoms with E-state index < -0.39 is 23.3 Å². The number of nitrogens with one attached hydrogen (secondary N) is 1. The van der Waals surface area contributed by atoms with E-state index in [1.165, 1.54) is 24.3 Å². The molecule has 0 saturated heterocycles. The van der Waals surface area contributed by atoms with E-state index in [0.717, 1.165) is 0 Å². The molecule has 0 atom stereocenters. The van der Waals surface area contributed by atoms with Crippen molar-refractivity contribution in [3.8, 4) is 5.75 Å². The smallest absolute Gasteiger partial charge is 0.259 e. The number of phenolic OH excluding ortho intramolecular Hbond substituents is 1. The van der Waals surface area contributed by atoms with E-state index in [2.05, 4.69) is 5.32 Å². The molecule has 0 bridgehead atoms. The lowest BCUT2D eigenvalue weighted by atomic mass is 10.1. The average molecular weight is 277 g/mol. The van der Waals surface area contributed by atoms with Crippen LogP contribution in [-0.2, 0) is 0 Å². The number of benzene rings is 2. The van der Waals surface area contributed by atoms with Crippen molar-refractivity contribution in [3.05, 3.63) is 59.2 Å². The Balaban J connectivity index is 2.23. The summed E-state index contributed by atoms with van der Waals surface area (Å²) in [5, 5.41) is 11.8. The Morgan fingerprint density at radius 3 is 2.30 bits per heavy atom. The van der Waals surface area contributed by atoms with Gasteiger partial charge in [0.05, 0.1) is 5.56 Å². The Labute approximate surface area is 112 Å². The van der Waals surface area contributed by atoms with Crippen molar-refractivity contribution in [2.75, 3.05) is 5.32 Å². The number of carbonyl (C=O) groups excluding carboxylic acids is 2. The average Bonchev–Trinajstić information content (AvgIpc) is 2.43. The summed E-state index contributed by atoms with van der Waals surface area (Å²) in [4.78, 5) is 22.3. The van der Waals surface area contributed by atoms with E-state index in [-0.39, 0.29) is 5.56 Å². The zero-order valence-electron chi connectivity index (χ0n) is 10.1. The van der Waals surface area contributed by atoms with Crippen LogP contribution < -0.4 is 5.32 Å². The molecule has 2 N–H and O–H groups in total. The van der Waals surface area contributed by atoms with Gasteiger partial charge in [0.2, 0.25) is 0 Å². The normalized spacial score (nSPS) is 10.1. The van der Waals surface area contributed by atoms with Crippen LogP contribution in [0.2, 0.25) is 0 Å². The van der Waals surface area contributed by atoms with Crippen LogP contribution >= 0.6 is 0 Å². The fourth-order valence-electron chi connectivity index (χ4n) is 1.56. The summed E-state index contributed by atoms with van der Waals surface area (Å²) in [6.45, 7) is 0. The van der Waals surface area contributed by atoms with Gasteiger partial charge in [0.1, 0.15) is 12.0 Å². The molecule has 0 fully saturated rings. The molecule has 6 heteroatoms. The van der Waals surface area contributed by atoms with E-state index in [1.807, 2.05) is 0 Å². The maximum atomic E-state index is 13.1. The van der Waals surface area contributed by atoms with Gasteiger partial charge in [0, 0.05) is 17.3 Å². The minimum Gasteiger partial charge on any atom is -0.507 e. The van der Waals surface area contributed by atoms with E-state index >= 15 is 0 Å². The van der Waals surface area contributed by atoms with Crippen LogP contribution in [0.5, 0.6) is 5.75 Å². The molecule has 2 aromatic carbocycles. The van der Waals surface area contributed by atoms with Gasteiger partial charge >= 0.3 is 0 Å². The number of aromatic hydroxyl groups is 1. The number of hydrogen-bond acceptors (Lipinski definition) is 3. The van der Waals surface area contributed by atoms with E-state index in [1.54, 1.807) is 0 Å². The van der Waals surface area contributed by atoms with Crippen LogP contribution in [0.1, 0.15) is 20.7 Å². The molecule has 20 heavy (non-hydrogen) atoms. The highest BCUT2D eigenvalue weighted by atomic mass is 19.2. The number of carbonyl (C=O) groups is 2. The first kappa shape index (κ1) is 13.7. The highest BCUT2D eigenvalue weighted by Gasteiger charge is 2.15. The first-order valence-corrected chi connectivity index (χ1v) is 5.56. The molecule has 2 rings (SSSR count). The second-order valence-corrected chi connectivity index (χ2v) is 3.98. The number of aldehydes is 1. The predicted octanol–water partition coefficient (Wildman–Crippen LogP) is 2.74. The molecule has 0 radical (unpaired) electrons. The summed E-state index contributed by atoms with van der Waals surface area (Å²) < 4.78 is 25.9. The lowest BCUT2D eigenvalue weighted by Crippen LogP contribution is -2.12. The summed E-state index contributed by atoms with van der Waals surface area (Å²) in [5.41, 5.74) is 0.395. The van der Waals surface area contributed by atoms with Crippen molar-refractivity contribution in [3.63, 3.8) is 0 Å². The number of anilines is 1. The van der Waals surface area contributed by atoms with E-state index in [4.69, 9.17) is 0 Å². The van der Waals surface area contributed by atoms with Crippen LogP contribution in [0.3, 0.4) is 0 Å². The molecule has 102 valence electrons. The SMILES string of the molecule is O=Cc1ccc(NC(=O)c2cc(F)c(F)cc2O)cc1. The lowest BCUT2D eigenvalue weighted by Gasteiger charge is -2.07. The van der Waals surface area contributed by atoms with Gasteiger partial charge in [-0.15, -0.1) is 0 Å². The Hall–Kier alpha value is -2.76. The third-order valence-electron chi connectivity index (χ3n) is 2.59. The van der Waals surface area contributed by atoms with Gasteiger partial charge in [0.25, 0.3) is 5.91 Å². The fraction of sp³-hybridized carbons (Fsp3) is 0. The Kier molecular flexibility index (Phi) is 3.74. The molecule has 1 amide bonds. The first-order chi connectivity index (χ1) is 9.51. The van der Waals surface area contributed by atoms with Crippen molar-refractivity contribution in [1.29, 1.82) is 0 Å². The molecule has 0 heterocycles. The molecule has 0 aliphatic rings. The summed E-state index contributed by atoms with van der Waals surface area (Å²) in [5.74, 6) is -3.93. The molecule has 0 aromatic heterocycles. The molecule has 0 aliphatic carbocycles. The number of halogens is 2. The summed E-state index contributed by atoms with van der Waals surface area (Å²) in [6, 6.07) is 7.04. The van der Waals surface area contributed by atoms with E-state index in [0.29, 0.717) is 29.7 Å². The molecule has 0 saturated carbocycles.